The van der Waals surface area contributed by atoms with Crippen LogP contribution in [0.5, 0.6) is 5.75 Å². The molecule has 5 nitrogen and oxygen atoms in total. The van der Waals surface area contributed by atoms with Gasteiger partial charge in [-0.25, -0.2) is 9.18 Å². The van der Waals surface area contributed by atoms with E-state index in [1.165, 1.54) is 18.2 Å². The Bertz CT molecular complexity index is 1050. The van der Waals surface area contributed by atoms with E-state index in [1.807, 2.05) is 0 Å². The van der Waals surface area contributed by atoms with Gasteiger partial charge in [0.25, 0.3) is 0 Å². The summed E-state index contributed by atoms with van der Waals surface area (Å²) in [5, 5.41) is 15.4. The Hall–Kier alpha value is -3.15. The minimum Gasteiger partial charge on any atom is -0.507 e. The first-order chi connectivity index (χ1) is 11.9. The fourth-order valence-electron chi connectivity index (χ4n) is 2.64. The third-order valence-corrected chi connectivity index (χ3v) is 4.01. The van der Waals surface area contributed by atoms with Crippen LogP contribution in [-0.2, 0) is 0 Å². The van der Waals surface area contributed by atoms with E-state index in [0.717, 1.165) is 10.9 Å². The van der Waals surface area contributed by atoms with Crippen molar-refractivity contribution in [3.05, 3.63) is 69.3 Å². The van der Waals surface area contributed by atoms with Crippen molar-refractivity contribution in [3.63, 3.8) is 0 Å². The molecular weight excluding hydrogens is 323 g/mol. The van der Waals surface area contributed by atoms with Gasteiger partial charge in [0.1, 0.15) is 17.1 Å². The molecule has 1 aromatic heterocycles. The van der Waals surface area contributed by atoms with Crippen molar-refractivity contribution in [2.75, 3.05) is 5.43 Å². The molecule has 2 aromatic carbocycles. The van der Waals surface area contributed by atoms with Crippen LogP contribution in [0.2, 0.25) is 0 Å². The van der Waals surface area contributed by atoms with E-state index in [0.29, 0.717) is 28.1 Å². The Kier molecular flexibility index (Phi) is 4.27. The fraction of sp³-hybridized carbons (Fsp3) is 0.158. The lowest BCUT2D eigenvalue weighted by Gasteiger charge is -2.11. The number of hydrogen-bond acceptors (Lipinski definition) is 5. The molecule has 0 aliphatic heterocycles. The molecule has 0 bridgehead atoms. The summed E-state index contributed by atoms with van der Waals surface area (Å²) in [6.07, 6.45) is 0. The monoisotopic (exact) mass is 340 g/mol. The van der Waals surface area contributed by atoms with Crippen LogP contribution in [0.3, 0.4) is 0 Å². The van der Waals surface area contributed by atoms with Gasteiger partial charge >= 0.3 is 5.63 Å². The van der Waals surface area contributed by atoms with E-state index in [4.69, 9.17) is 4.42 Å². The molecule has 0 aliphatic carbocycles. The number of phenolic OH excluding ortho intramolecular Hbond substituents is 1. The Morgan fingerprint density at radius 3 is 2.72 bits per heavy atom. The highest BCUT2D eigenvalue weighted by Crippen LogP contribution is 2.32. The molecule has 3 rings (SSSR count). The van der Waals surface area contributed by atoms with Crippen LogP contribution < -0.4 is 11.1 Å². The van der Waals surface area contributed by atoms with Gasteiger partial charge < -0.3 is 9.52 Å². The van der Waals surface area contributed by atoms with Crippen LogP contribution >= 0.6 is 0 Å². The second-order valence-electron chi connectivity index (χ2n) is 5.84. The Morgan fingerprint density at radius 2 is 2.00 bits per heavy atom. The molecular formula is C19H17FN2O3. The highest BCUT2D eigenvalue weighted by atomic mass is 19.1. The molecule has 0 aliphatic rings. The average Bonchev–Trinajstić information content (AvgIpc) is 2.56. The maximum Gasteiger partial charge on any atom is 0.336 e. The van der Waals surface area contributed by atoms with Crippen molar-refractivity contribution >= 4 is 22.4 Å². The van der Waals surface area contributed by atoms with Gasteiger partial charge in [0.15, 0.2) is 0 Å². The van der Waals surface area contributed by atoms with Gasteiger partial charge in [-0.15, -0.1) is 0 Å². The van der Waals surface area contributed by atoms with Crippen molar-refractivity contribution in [3.8, 4) is 5.75 Å². The molecule has 0 saturated heterocycles. The number of nitrogens with zero attached hydrogens (tertiary/aromatic N) is 1. The quantitative estimate of drug-likeness (QED) is 0.428. The standard InChI is InChI=1S/C19H17FN2O3/c1-10-7-17(23)25-19-11(2)18(24)16(9-15(10)19)12(3)21-22-14-6-4-5-13(20)8-14/h4-9,22,24H,1-3H3. The smallest absolute Gasteiger partial charge is 0.336 e. The summed E-state index contributed by atoms with van der Waals surface area (Å²) in [6.45, 7) is 5.20. The second-order valence-corrected chi connectivity index (χ2v) is 5.84. The SMILES string of the molecule is CC(=NNc1cccc(F)c1)c1cc2c(C)cc(=O)oc2c(C)c1O. The van der Waals surface area contributed by atoms with Gasteiger partial charge in [-0.2, -0.15) is 5.10 Å². The van der Waals surface area contributed by atoms with Gasteiger partial charge in [-0.1, -0.05) is 6.07 Å². The lowest BCUT2D eigenvalue weighted by atomic mass is 10.00. The van der Waals surface area contributed by atoms with Crippen LogP contribution in [0.15, 0.2) is 50.7 Å². The first kappa shape index (κ1) is 16.7. The number of phenols is 1. The van der Waals surface area contributed by atoms with Crippen molar-refractivity contribution in [2.24, 2.45) is 5.10 Å². The predicted molar refractivity (Wildman–Crippen MR) is 95.9 cm³/mol. The number of benzene rings is 2. The maximum atomic E-state index is 13.2. The number of nitrogens with one attached hydrogen (secondary N) is 1. The van der Waals surface area contributed by atoms with Gasteiger partial charge in [0.2, 0.25) is 0 Å². The Balaban J connectivity index is 2.07. The molecule has 2 N–H and O–H groups in total. The molecule has 0 fully saturated rings. The third kappa shape index (κ3) is 3.24. The summed E-state index contributed by atoms with van der Waals surface area (Å²) in [7, 11) is 0. The van der Waals surface area contributed by atoms with Crippen LogP contribution in [0.25, 0.3) is 11.0 Å². The zero-order valence-electron chi connectivity index (χ0n) is 14.1. The van der Waals surface area contributed by atoms with Gasteiger partial charge in [0.05, 0.1) is 11.4 Å². The molecule has 6 heteroatoms. The lowest BCUT2D eigenvalue weighted by Crippen LogP contribution is -2.04. The van der Waals surface area contributed by atoms with E-state index < -0.39 is 5.63 Å². The molecule has 128 valence electrons. The van der Waals surface area contributed by atoms with E-state index in [2.05, 4.69) is 10.5 Å². The minimum absolute atomic E-state index is 0.0106. The number of anilines is 1. The zero-order chi connectivity index (χ0) is 18.1. The molecule has 3 aromatic rings. The van der Waals surface area contributed by atoms with Gasteiger partial charge in [-0.3, -0.25) is 5.43 Å². The van der Waals surface area contributed by atoms with Crippen molar-refractivity contribution in [1.29, 1.82) is 0 Å². The zero-order valence-corrected chi connectivity index (χ0v) is 14.1. The van der Waals surface area contributed by atoms with Crippen molar-refractivity contribution in [1.82, 2.24) is 0 Å². The van der Waals surface area contributed by atoms with Crippen molar-refractivity contribution in [2.45, 2.75) is 20.8 Å². The normalized spacial score (nSPS) is 11.8. The Labute approximate surface area is 143 Å². The molecule has 25 heavy (non-hydrogen) atoms. The number of hydrazone groups is 1. The molecule has 0 saturated carbocycles. The summed E-state index contributed by atoms with van der Waals surface area (Å²) in [5.41, 5.74) is 5.40. The summed E-state index contributed by atoms with van der Waals surface area (Å²) in [5.74, 6) is -0.378. The molecule has 0 radical (unpaired) electrons. The van der Waals surface area contributed by atoms with E-state index in [9.17, 15) is 14.3 Å². The van der Waals surface area contributed by atoms with E-state index in [-0.39, 0.29) is 11.6 Å². The van der Waals surface area contributed by atoms with Gasteiger partial charge in [0, 0.05) is 22.6 Å². The van der Waals surface area contributed by atoms with Crippen LogP contribution in [0, 0.1) is 19.7 Å². The molecule has 1 heterocycles. The van der Waals surface area contributed by atoms with Crippen molar-refractivity contribution < 1.29 is 13.9 Å². The fourth-order valence-corrected chi connectivity index (χ4v) is 2.64. The highest BCUT2D eigenvalue weighted by Gasteiger charge is 2.15. The Morgan fingerprint density at radius 1 is 1.24 bits per heavy atom. The third-order valence-electron chi connectivity index (χ3n) is 4.01. The van der Waals surface area contributed by atoms with E-state index >= 15 is 0 Å². The average molecular weight is 340 g/mol. The summed E-state index contributed by atoms with van der Waals surface area (Å²) >= 11 is 0. The van der Waals surface area contributed by atoms with E-state index in [1.54, 1.807) is 39.0 Å². The van der Waals surface area contributed by atoms with Crippen LogP contribution in [0.4, 0.5) is 10.1 Å². The summed E-state index contributed by atoms with van der Waals surface area (Å²) < 4.78 is 18.4. The molecule has 0 unspecified atom stereocenters. The number of fused-ring (bicyclic) bond motifs is 1. The summed E-state index contributed by atoms with van der Waals surface area (Å²) in [6, 6.07) is 9.05. The first-order valence-corrected chi connectivity index (χ1v) is 7.70. The molecule has 0 amide bonds. The number of hydrogen-bond donors (Lipinski definition) is 2. The first-order valence-electron chi connectivity index (χ1n) is 7.70. The minimum atomic E-state index is -0.460. The summed E-state index contributed by atoms with van der Waals surface area (Å²) in [4.78, 5) is 11.6. The second kappa shape index (κ2) is 6.39. The topological polar surface area (TPSA) is 74.8 Å². The lowest BCUT2D eigenvalue weighted by molar-refractivity contribution is 0.467. The van der Waals surface area contributed by atoms with Gasteiger partial charge in [-0.05, 0) is 50.6 Å². The number of aryl methyl sites for hydroxylation is 2. The van der Waals surface area contributed by atoms with Crippen LogP contribution in [0.1, 0.15) is 23.6 Å². The molecule has 0 spiro atoms. The maximum absolute atomic E-state index is 13.2. The number of aromatic hydroxyl groups is 1. The number of rotatable bonds is 3. The molecule has 0 atom stereocenters. The predicted octanol–water partition coefficient (Wildman–Crippen LogP) is 4.09. The highest BCUT2D eigenvalue weighted by molar-refractivity contribution is 6.05. The largest absolute Gasteiger partial charge is 0.507 e. The number of halogens is 1. The van der Waals surface area contributed by atoms with Crippen LogP contribution in [-0.4, -0.2) is 10.8 Å².